The monoisotopic (exact) mass is 259 g/mol. The minimum Gasteiger partial charge on any atom is -0.300 e. The summed E-state index contributed by atoms with van der Waals surface area (Å²) in [6.45, 7) is 7.93. The van der Waals surface area contributed by atoms with Gasteiger partial charge in [-0.25, -0.2) is 4.98 Å². The molecule has 3 heteroatoms. The first-order valence-electron chi connectivity index (χ1n) is 5.99. The Morgan fingerprint density at radius 1 is 1.17 bits per heavy atom. The lowest BCUT2D eigenvalue weighted by Gasteiger charge is -2.07. The normalized spacial score (nSPS) is 10.7. The molecule has 0 radical (unpaired) electrons. The van der Waals surface area contributed by atoms with E-state index in [9.17, 15) is 4.79 Å². The van der Waals surface area contributed by atoms with E-state index in [1.54, 1.807) is 18.3 Å². The number of hydrogen-bond acceptors (Lipinski definition) is 3. The van der Waals surface area contributed by atoms with Crippen LogP contribution in [-0.4, -0.2) is 10.8 Å². The van der Waals surface area contributed by atoms with Crippen molar-refractivity contribution in [3.63, 3.8) is 0 Å². The van der Waals surface area contributed by atoms with Crippen molar-refractivity contribution in [1.82, 2.24) is 4.98 Å². The van der Waals surface area contributed by atoms with Gasteiger partial charge in [-0.15, -0.1) is 11.3 Å². The summed E-state index contributed by atoms with van der Waals surface area (Å²) < 4.78 is 0. The zero-order valence-electron chi connectivity index (χ0n) is 11.2. The highest BCUT2D eigenvalue weighted by atomic mass is 32.1. The number of Topliss-reactive ketones (excluding diaryl/α,β-unsaturated/α-hetero) is 1. The van der Waals surface area contributed by atoms with E-state index in [1.165, 1.54) is 22.3 Å². The van der Waals surface area contributed by atoms with Gasteiger partial charge in [-0.05, 0) is 50.5 Å². The van der Waals surface area contributed by atoms with Crippen molar-refractivity contribution >= 4 is 17.1 Å². The first kappa shape index (κ1) is 13.0. The largest absolute Gasteiger partial charge is 0.300 e. The van der Waals surface area contributed by atoms with Gasteiger partial charge in [0.1, 0.15) is 10.8 Å². The molecule has 2 nitrogen and oxygen atoms in total. The van der Waals surface area contributed by atoms with Crippen LogP contribution in [0.2, 0.25) is 0 Å². The minimum absolute atomic E-state index is 0.160. The van der Waals surface area contributed by atoms with Gasteiger partial charge in [0.05, 0.1) is 12.1 Å². The number of benzene rings is 1. The van der Waals surface area contributed by atoms with Gasteiger partial charge in [0, 0.05) is 10.9 Å². The van der Waals surface area contributed by atoms with Crippen LogP contribution in [0.1, 0.15) is 28.6 Å². The van der Waals surface area contributed by atoms with Crippen LogP contribution in [0.3, 0.4) is 0 Å². The van der Waals surface area contributed by atoms with Gasteiger partial charge in [-0.2, -0.15) is 0 Å². The van der Waals surface area contributed by atoms with Crippen LogP contribution in [0.4, 0.5) is 0 Å². The number of aryl methyl sites for hydroxylation is 3. The topological polar surface area (TPSA) is 30.0 Å². The minimum atomic E-state index is 0.160. The van der Waals surface area contributed by atoms with E-state index in [0.717, 1.165) is 10.7 Å². The van der Waals surface area contributed by atoms with Crippen LogP contribution >= 0.6 is 11.3 Å². The number of thiazole rings is 1. The summed E-state index contributed by atoms with van der Waals surface area (Å²) in [7, 11) is 0. The molecule has 0 saturated carbocycles. The molecule has 0 spiro atoms. The van der Waals surface area contributed by atoms with Crippen molar-refractivity contribution in [3.05, 3.63) is 39.2 Å². The van der Waals surface area contributed by atoms with Gasteiger partial charge >= 0.3 is 0 Å². The summed E-state index contributed by atoms with van der Waals surface area (Å²) in [6.07, 6.45) is 0.439. The Labute approximate surface area is 112 Å². The number of carbonyl (C=O) groups excluding carboxylic acids is 1. The third-order valence-electron chi connectivity index (χ3n) is 3.07. The molecule has 2 aromatic rings. The number of carbonyl (C=O) groups is 1. The third-order valence-corrected chi connectivity index (χ3v) is 3.92. The predicted octanol–water partition coefficient (Wildman–Crippen LogP) is 3.87. The van der Waals surface area contributed by atoms with Crippen molar-refractivity contribution in [1.29, 1.82) is 0 Å². The van der Waals surface area contributed by atoms with E-state index in [4.69, 9.17) is 0 Å². The predicted molar refractivity (Wildman–Crippen MR) is 76.1 cm³/mol. The lowest BCUT2D eigenvalue weighted by molar-refractivity contribution is -0.116. The summed E-state index contributed by atoms with van der Waals surface area (Å²) in [6, 6.07) is 4.37. The van der Waals surface area contributed by atoms with Crippen molar-refractivity contribution in [3.8, 4) is 11.3 Å². The maximum atomic E-state index is 11.1. The molecule has 94 valence electrons. The summed E-state index contributed by atoms with van der Waals surface area (Å²) in [5, 5.41) is 2.94. The van der Waals surface area contributed by atoms with E-state index in [-0.39, 0.29) is 5.78 Å². The van der Waals surface area contributed by atoms with Gasteiger partial charge in [0.15, 0.2) is 0 Å². The zero-order valence-corrected chi connectivity index (χ0v) is 12.0. The van der Waals surface area contributed by atoms with Crippen molar-refractivity contribution in [2.75, 3.05) is 0 Å². The molecule has 2 rings (SSSR count). The summed E-state index contributed by atoms with van der Waals surface area (Å²) >= 11 is 1.56. The second-order valence-electron chi connectivity index (χ2n) is 4.76. The summed E-state index contributed by atoms with van der Waals surface area (Å²) in [4.78, 5) is 15.6. The number of rotatable bonds is 3. The first-order valence-corrected chi connectivity index (χ1v) is 6.87. The number of hydrogen-bond donors (Lipinski definition) is 0. The standard InChI is InChI=1S/C15H17NOS/c1-9-5-11(3)13(6-10(9)2)14-8-18-15(16-14)7-12(4)17/h5-6,8H,7H2,1-4H3. The van der Waals surface area contributed by atoms with Gasteiger partial charge in [0.2, 0.25) is 0 Å². The molecular weight excluding hydrogens is 242 g/mol. The van der Waals surface area contributed by atoms with Crippen LogP contribution in [-0.2, 0) is 11.2 Å². The highest BCUT2D eigenvalue weighted by Crippen LogP contribution is 2.27. The zero-order chi connectivity index (χ0) is 13.3. The maximum Gasteiger partial charge on any atom is 0.136 e. The molecule has 18 heavy (non-hydrogen) atoms. The Hall–Kier alpha value is -1.48. The average Bonchev–Trinajstić information content (AvgIpc) is 2.70. The lowest BCUT2D eigenvalue weighted by Crippen LogP contribution is -1.95. The average molecular weight is 259 g/mol. The maximum absolute atomic E-state index is 11.1. The van der Waals surface area contributed by atoms with E-state index in [0.29, 0.717) is 6.42 Å². The Kier molecular flexibility index (Phi) is 3.62. The molecule has 1 aromatic heterocycles. The van der Waals surface area contributed by atoms with Crippen molar-refractivity contribution < 1.29 is 4.79 Å². The van der Waals surface area contributed by atoms with Gasteiger partial charge < -0.3 is 0 Å². The molecular formula is C15H17NOS. The van der Waals surface area contributed by atoms with E-state index < -0.39 is 0 Å². The van der Waals surface area contributed by atoms with Crippen LogP contribution in [0, 0.1) is 20.8 Å². The van der Waals surface area contributed by atoms with Crippen molar-refractivity contribution in [2.24, 2.45) is 0 Å². The van der Waals surface area contributed by atoms with E-state index in [2.05, 4.69) is 37.9 Å². The van der Waals surface area contributed by atoms with Crippen molar-refractivity contribution in [2.45, 2.75) is 34.1 Å². The molecule has 1 heterocycles. The molecule has 0 aliphatic heterocycles. The molecule has 0 N–H and O–H groups in total. The van der Waals surface area contributed by atoms with Crippen LogP contribution in [0.25, 0.3) is 11.3 Å². The first-order chi connectivity index (χ1) is 8.47. The number of nitrogens with zero attached hydrogens (tertiary/aromatic N) is 1. The molecule has 1 aromatic carbocycles. The summed E-state index contributed by atoms with van der Waals surface area (Å²) in [5.74, 6) is 0.160. The second kappa shape index (κ2) is 5.02. The quantitative estimate of drug-likeness (QED) is 0.837. The highest BCUT2D eigenvalue weighted by molar-refractivity contribution is 7.10. The van der Waals surface area contributed by atoms with E-state index >= 15 is 0 Å². The third kappa shape index (κ3) is 2.67. The second-order valence-corrected chi connectivity index (χ2v) is 5.70. The Balaban J connectivity index is 2.40. The molecule has 0 aliphatic rings. The SMILES string of the molecule is CC(=O)Cc1nc(-c2cc(C)c(C)cc2C)cs1. The van der Waals surface area contributed by atoms with Crippen LogP contribution < -0.4 is 0 Å². The highest BCUT2D eigenvalue weighted by Gasteiger charge is 2.09. The Bertz CT molecular complexity index is 599. The molecule has 0 saturated heterocycles. The van der Waals surface area contributed by atoms with Crippen LogP contribution in [0.15, 0.2) is 17.5 Å². The van der Waals surface area contributed by atoms with Gasteiger partial charge in [-0.3, -0.25) is 4.79 Å². The molecule has 0 bridgehead atoms. The smallest absolute Gasteiger partial charge is 0.136 e. The fourth-order valence-corrected chi connectivity index (χ4v) is 2.83. The van der Waals surface area contributed by atoms with Gasteiger partial charge in [0.25, 0.3) is 0 Å². The molecule has 0 aliphatic carbocycles. The summed E-state index contributed by atoms with van der Waals surface area (Å²) in [5.41, 5.74) is 5.96. The lowest BCUT2D eigenvalue weighted by atomic mass is 9.99. The van der Waals surface area contributed by atoms with Gasteiger partial charge in [-0.1, -0.05) is 6.07 Å². The number of ketones is 1. The fraction of sp³-hybridized carbons (Fsp3) is 0.333. The molecule has 0 atom stereocenters. The Morgan fingerprint density at radius 3 is 2.50 bits per heavy atom. The fourth-order valence-electron chi connectivity index (χ4n) is 1.97. The Morgan fingerprint density at radius 2 is 1.83 bits per heavy atom. The van der Waals surface area contributed by atoms with E-state index in [1.807, 2.05) is 5.38 Å². The molecule has 0 unspecified atom stereocenters. The molecule has 0 fully saturated rings. The van der Waals surface area contributed by atoms with Crippen LogP contribution in [0.5, 0.6) is 0 Å². The number of aromatic nitrogens is 1. The molecule has 0 amide bonds.